The number of furan rings is 1. The van der Waals surface area contributed by atoms with Gasteiger partial charge in [0.05, 0.1) is 16.2 Å². The molecule has 21 heavy (non-hydrogen) atoms. The van der Waals surface area contributed by atoms with Crippen molar-refractivity contribution in [2.24, 2.45) is 0 Å². The van der Waals surface area contributed by atoms with Crippen LogP contribution in [0.25, 0.3) is 0 Å². The maximum atomic E-state index is 13.1. The van der Waals surface area contributed by atoms with Crippen LogP contribution in [0.1, 0.15) is 11.9 Å². The quantitative estimate of drug-likeness (QED) is 0.882. The molecule has 1 N–H and O–H groups in total. The van der Waals surface area contributed by atoms with Crippen molar-refractivity contribution in [1.29, 1.82) is 0 Å². The highest BCUT2D eigenvalue weighted by molar-refractivity contribution is 7.89. The molecule has 0 amide bonds. The van der Waals surface area contributed by atoms with Crippen molar-refractivity contribution in [3.8, 4) is 0 Å². The number of hydrogen-bond donors (Lipinski definition) is 1. The highest BCUT2D eigenvalue weighted by atomic mass is 35.5. The summed E-state index contributed by atoms with van der Waals surface area (Å²) >= 11 is 5.58. The molecule has 0 fully saturated rings. The topological polar surface area (TPSA) is 68.5 Å². The molecule has 1 atom stereocenters. The average molecular weight is 334 g/mol. The number of hydrogen-bond acceptors (Lipinski definition) is 4. The summed E-state index contributed by atoms with van der Waals surface area (Å²) in [6.07, 6.45) is 0.904. The molecule has 0 radical (unpaired) electrons. The normalized spacial score (nSPS) is 13.3. The van der Waals surface area contributed by atoms with Crippen LogP contribution in [0.15, 0.2) is 45.9 Å². The Bertz CT molecular complexity index is 703. The van der Waals surface area contributed by atoms with Crippen LogP contribution in [0, 0.1) is 5.82 Å². The van der Waals surface area contributed by atoms with Crippen molar-refractivity contribution in [3.63, 3.8) is 0 Å². The Kier molecular flexibility index (Phi) is 5.00. The Balaban J connectivity index is 2.12. The third-order valence-electron chi connectivity index (χ3n) is 2.81. The number of halogens is 2. The zero-order chi connectivity index (χ0) is 15.5. The summed E-state index contributed by atoms with van der Waals surface area (Å²) < 4.78 is 50.0. The summed E-state index contributed by atoms with van der Waals surface area (Å²) in [5, 5.41) is -0.257. The largest absolute Gasteiger partial charge is 0.467 e. The first-order chi connectivity index (χ1) is 9.94. The molecular formula is C13H13ClFNO4S. The molecule has 2 aromatic rings. The van der Waals surface area contributed by atoms with Gasteiger partial charge in [-0.3, -0.25) is 0 Å². The van der Waals surface area contributed by atoms with E-state index in [1.54, 1.807) is 12.1 Å². The van der Waals surface area contributed by atoms with Gasteiger partial charge >= 0.3 is 0 Å². The second-order valence-electron chi connectivity index (χ2n) is 4.17. The SMILES string of the molecule is CO[C@@H](CNS(=O)(=O)c1ccc(F)c(Cl)c1)c1ccco1. The van der Waals surface area contributed by atoms with Gasteiger partial charge in [0.2, 0.25) is 10.0 Å². The number of methoxy groups -OCH3 is 1. The van der Waals surface area contributed by atoms with Crippen molar-refractivity contribution >= 4 is 21.6 Å². The zero-order valence-electron chi connectivity index (χ0n) is 11.0. The Morgan fingerprint density at radius 1 is 1.43 bits per heavy atom. The van der Waals surface area contributed by atoms with E-state index in [0.29, 0.717) is 5.76 Å². The predicted molar refractivity (Wildman–Crippen MR) is 75.1 cm³/mol. The Hall–Kier alpha value is -1.41. The van der Waals surface area contributed by atoms with E-state index in [9.17, 15) is 12.8 Å². The first kappa shape index (κ1) is 16.0. The first-order valence-corrected chi connectivity index (χ1v) is 7.81. The van der Waals surface area contributed by atoms with E-state index in [1.807, 2.05) is 0 Å². The lowest BCUT2D eigenvalue weighted by Crippen LogP contribution is -2.29. The van der Waals surface area contributed by atoms with Gasteiger partial charge in [0.25, 0.3) is 0 Å². The summed E-state index contributed by atoms with van der Waals surface area (Å²) in [5.74, 6) is -0.182. The highest BCUT2D eigenvalue weighted by Crippen LogP contribution is 2.20. The van der Waals surface area contributed by atoms with E-state index in [2.05, 4.69) is 4.72 Å². The van der Waals surface area contributed by atoms with Gasteiger partial charge in [-0.15, -0.1) is 0 Å². The lowest BCUT2D eigenvalue weighted by molar-refractivity contribution is 0.0878. The molecule has 0 saturated carbocycles. The first-order valence-electron chi connectivity index (χ1n) is 5.95. The van der Waals surface area contributed by atoms with Crippen molar-refractivity contribution < 1.29 is 22.0 Å². The lowest BCUT2D eigenvalue weighted by atomic mass is 10.3. The molecule has 114 valence electrons. The van der Waals surface area contributed by atoms with Crippen LogP contribution in [0.5, 0.6) is 0 Å². The van der Waals surface area contributed by atoms with Crippen molar-refractivity contribution in [3.05, 3.63) is 53.2 Å². The van der Waals surface area contributed by atoms with E-state index in [-0.39, 0.29) is 16.5 Å². The maximum absolute atomic E-state index is 13.1. The molecule has 1 aromatic carbocycles. The van der Waals surface area contributed by atoms with E-state index in [1.165, 1.54) is 13.4 Å². The van der Waals surface area contributed by atoms with Gasteiger partial charge < -0.3 is 9.15 Å². The highest BCUT2D eigenvalue weighted by Gasteiger charge is 2.20. The van der Waals surface area contributed by atoms with E-state index < -0.39 is 21.9 Å². The molecule has 5 nitrogen and oxygen atoms in total. The monoisotopic (exact) mass is 333 g/mol. The van der Waals surface area contributed by atoms with E-state index in [4.69, 9.17) is 20.8 Å². The molecule has 8 heteroatoms. The van der Waals surface area contributed by atoms with Crippen LogP contribution in [-0.2, 0) is 14.8 Å². The number of sulfonamides is 1. The fourth-order valence-corrected chi connectivity index (χ4v) is 2.99. The second-order valence-corrected chi connectivity index (χ2v) is 6.34. The molecular weight excluding hydrogens is 321 g/mol. The van der Waals surface area contributed by atoms with Gasteiger partial charge in [-0.05, 0) is 30.3 Å². The molecule has 0 aliphatic carbocycles. The fraction of sp³-hybridized carbons (Fsp3) is 0.231. The molecule has 0 saturated heterocycles. The third-order valence-corrected chi connectivity index (χ3v) is 4.52. The van der Waals surface area contributed by atoms with Gasteiger partial charge in [-0.2, -0.15) is 0 Å². The standard InChI is InChI=1S/C13H13ClFNO4S/c1-19-13(12-3-2-6-20-12)8-16-21(17,18)9-4-5-11(15)10(14)7-9/h2-7,13,16H,8H2,1H3/t13-/m0/s1. The van der Waals surface area contributed by atoms with Gasteiger partial charge in [-0.1, -0.05) is 11.6 Å². The Morgan fingerprint density at radius 3 is 2.76 bits per heavy atom. The molecule has 2 rings (SSSR count). The van der Waals surface area contributed by atoms with Crippen molar-refractivity contribution in [2.75, 3.05) is 13.7 Å². The number of ether oxygens (including phenoxy) is 1. The zero-order valence-corrected chi connectivity index (χ0v) is 12.6. The maximum Gasteiger partial charge on any atom is 0.240 e. The van der Waals surface area contributed by atoms with Crippen LogP contribution < -0.4 is 4.72 Å². The summed E-state index contributed by atoms with van der Waals surface area (Å²) in [6.45, 7) is -0.0264. The minimum absolute atomic E-state index is 0.0264. The van der Waals surface area contributed by atoms with Crippen LogP contribution in [-0.4, -0.2) is 22.1 Å². The number of nitrogens with one attached hydrogen (secondary N) is 1. The lowest BCUT2D eigenvalue weighted by Gasteiger charge is -2.14. The van der Waals surface area contributed by atoms with E-state index >= 15 is 0 Å². The van der Waals surface area contributed by atoms with E-state index in [0.717, 1.165) is 18.2 Å². The Morgan fingerprint density at radius 2 is 2.19 bits per heavy atom. The predicted octanol–water partition coefficient (Wildman–Crippen LogP) is 2.74. The molecule has 1 heterocycles. The van der Waals surface area contributed by atoms with Gasteiger partial charge in [0.1, 0.15) is 17.7 Å². The summed E-state index contributed by atoms with van der Waals surface area (Å²) in [7, 11) is -2.38. The smallest absolute Gasteiger partial charge is 0.240 e. The molecule has 0 bridgehead atoms. The summed E-state index contributed by atoms with van der Waals surface area (Å²) in [5.41, 5.74) is 0. The minimum atomic E-state index is -3.82. The van der Waals surface area contributed by atoms with Crippen molar-refractivity contribution in [1.82, 2.24) is 4.72 Å². The van der Waals surface area contributed by atoms with Gasteiger partial charge in [0.15, 0.2) is 0 Å². The minimum Gasteiger partial charge on any atom is -0.467 e. The summed E-state index contributed by atoms with van der Waals surface area (Å²) in [6, 6.07) is 6.54. The summed E-state index contributed by atoms with van der Waals surface area (Å²) in [4.78, 5) is -0.122. The molecule has 0 unspecified atom stereocenters. The Labute approximate surface area is 126 Å². The number of rotatable bonds is 6. The molecule has 1 aromatic heterocycles. The van der Waals surface area contributed by atoms with Crippen LogP contribution in [0.3, 0.4) is 0 Å². The molecule has 0 aliphatic heterocycles. The van der Waals surface area contributed by atoms with Gasteiger partial charge in [-0.25, -0.2) is 17.5 Å². The fourth-order valence-electron chi connectivity index (χ4n) is 1.69. The van der Waals surface area contributed by atoms with Crippen molar-refractivity contribution in [2.45, 2.75) is 11.0 Å². The van der Waals surface area contributed by atoms with Crippen LogP contribution >= 0.6 is 11.6 Å². The third kappa shape index (κ3) is 3.82. The van der Waals surface area contributed by atoms with Crippen LogP contribution in [0.4, 0.5) is 4.39 Å². The van der Waals surface area contributed by atoms with Crippen LogP contribution in [0.2, 0.25) is 5.02 Å². The molecule has 0 aliphatic rings. The second kappa shape index (κ2) is 6.57. The number of benzene rings is 1. The average Bonchev–Trinajstić information content (AvgIpc) is 2.96. The molecule has 0 spiro atoms. The van der Waals surface area contributed by atoms with Gasteiger partial charge in [0, 0.05) is 13.7 Å².